The molecule has 2 rings (SSSR count). The number of likely N-dealkylation sites (N-methyl/N-ethyl adjacent to an activating group) is 2. The number of aromatic nitrogens is 2. The lowest BCUT2D eigenvalue weighted by molar-refractivity contribution is -0.133. The Morgan fingerprint density at radius 2 is 2.18 bits per heavy atom. The number of amides is 1. The molecule has 124 valence electrons. The molecule has 1 aromatic rings. The predicted octanol–water partition coefficient (Wildman–Crippen LogP) is 0.615. The third kappa shape index (κ3) is 3.84. The van der Waals surface area contributed by atoms with E-state index in [9.17, 15) is 4.79 Å². The Hall–Kier alpha value is -1.47. The van der Waals surface area contributed by atoms with E-state index in [4.69, 9.17) is 4.52 Å². The summed E-state index contributed by atoms with van der Waals surface area (Å²) in [6.45, 7) is 6.51. The first kappa shape index (κ1) is 16.9. The highest BCUT2D eigenvalue weighted by Gasteiger charge is 2.32. The average Bonchev–Trinajstić information content (AvgIpc) is 3.14. The van der Waals surface area contributed by atoms with E-state index in [0.29, 0.717) is 18.5 Å². The Labute approximate surface area is 132 Å². The molecular weight excluding hydrogens is 282 g/mol. The fourth-order valence-corrected chi connectivity index (χ4v) is 2.86. The van der Waals surface area contributed by atoms with Crippen molar-refractivity contribution in [3.63, 3.8) is 0 Å². The molecule has 0 unspecified atom stereocenters. The summed E-state index contributed by atoms with van der Waals surface area (Å²) in [7, 11) is 5.69. The largest absolute Gasteiger partial charge is 0.347 e. The van der Waals surface area contributed by atoms with E-state index in [-0.39, 0.29) is 11.9 Å². The molecule has 0 aromatic carbocycles. The molecule has 1 saturated heterocycles. The van der Waals surface area contributed by atoms with Gasteiger partial charge in [0.1, 0.15) is 0 Å². The molecule has 1 aliphatic rings. The molecule has 7 heteroatoms. The lowest BCUT2D eigenvalue weighted by atomic mass is 10.2. The van der Waals surface area contributed by atoms with Gasteiger partial charge in [-0.3, -0.25) is 14.6 Å². The van der Waals surface area contributed by atoms with Crippen LogP contribution in [0, 0.1) is 0 Å². The van der Waals surface area contributed by atoms with Crippen molar-refractivity contribution in [1.29, 1.82) is 0 Å². The molecule has 0 saturated carbocycles. The van der Waals surface area contributed by atoms with Gasteiger partial charge in [-0.15, -0.1) is 0 Å². The maximum absolute atomic E-state index is 12.1. The third-order valence-corrected chi connectivity index (χ3v) is 4.37. The normalized spacial score (nSPS) is 20.5. The molecule has 0 radical (unpaired) electrons. The summed E-state index contributed by atoms with van der Waals surface area (Å²) >= 11 is 0. The smallest absolute Gasteiger partial charge is 0.239 e. The SMILES string of the molecule is CCc1nc(CN(C)[C@@H]2CCN([C@@H](C)C(=O)N(C)C)C2)no1. The summed E-state index contributed by atoms with van der Waals surface area (Å²) in [5.41, 5.74) is 0. The van der Waals surface area contributed by atoms with Crippen LogP contribution >= 0.6 is 0 Å². The standard InChI is InChI=1S/C15H27N5O2/c1-6-14-16-13(17-22-14)10-19(5)12-7-8-20(9-12)11(2)15(21)18(3)4/h11-12H,6-10H2,1-5H3/t11-,12+/m0/s1. The molecule has 1 aromatic heterocycles. The van der Waals surface area contributed by atoms with Gasteiger partial charge in [-0.1, -0.05) is 12.1 Å². The number of aryl methyl sites for hydroxylation is 1. The Balaban J connectivity index is 1.88. The van der Waals surface area contributed by atoms with Gasteiger partial charge in [-0.05, 0) is 20.4 Å². The minimum Gasteiger partial charge on any atom is -0.347 e. The first-order chi connectivity index (χ1) is 10.4. The van der Waals surface area contributed by atoms with Crippen LogP contribution in [0.25, 0.3) is 0 Å². The van der Waals surface area contributed by atoms with Crippen molar-refractivity contribution in [2.75, 3.05) is 34.2 Å². The highest BCUT2D eigenvalue weighted by Crippen LogP contribution is 2.19. The van der Waals surface area contributed by atoms with Crippen molar-refractivity contribution < 1.29 is 9.32 Å². The van der Waals surface area contributed by atoms with E-state index in [1.54, 1.807) is 19.0 Å². The van der Waals surface area contributed by atoms with E-state index in [0.717, 1.165) is 31.8 Å². The van der Waals surface area contributed by atoms with Crippen molar-refractivity contribution in [3.8, 4) is 0 Å². The Bertz CT molecular complexity index is 502. The fraction of sp³-hybridized carbons (Fsp3) is 0.800. The molecule has 0 bridgehead atoms. The number of hydrogen-bond acceptors (Lipinski definition) is 6. The zero-order chi connectivity index (χ0) is 16.3. The van der Waals surface area contributed by atoms with Gasteiger partial charge in [0, 0.05) is 39.6 Å². The lowest BCUT2D eigenvalue weighted by Crippen LogP contribution is -2.45. The molecule has 2 heterocycles. The maximum Gasteiger partial charge on any atom is 0.239 e. The Kier molecular flexibility index (Phi) is 5.52. The molecule has 2 atom stereocenters. The number of rotatable bonds is 6. The molecule has 0 aliphatic carbocycles. The first-order valence-corrected chi connectivity index (χ1v) is 7.89. The lowest BCUT2D eigenvalue weighted by Gasteiger charge is -2.27. The second-order valence-corrected chi connectivity index (χ2v) is 6.22. The van der Waals surface area contributed by atoms with Gasteiger partial charge in [0.15, 0.2) is 5.82 Å². The van der Waals surface area contributed by atoms with Crippen LogP contribution in [0.15, 0.2) is 4.52 Å². The second-order valence-electron chi connectivity index (χ2n) is 6.22. The highest BCUT2D eigenvalue weighted by molar-refractivity contribution is 5.80. The van der Waals surface area contributed by atoms with Crippen LogP contribution in [-0.2, 0) is 17.8 Å². The number of hydrogen-bond donors (Lipinski definition) is 0. The summed E-state index contributed by atoms with van der Waals surface area (Å²) < 4.78 is 5.15. The van der Waals surface area contributed by atoms with E-state index >= 15 is 0 Å². The first-order valence-electron chi connectivity index (χ1n) is 7.89. The van der Waals surface area contributed by atoms with Gasteiger partial charge < -0.3 is 9.42 Å². The summed E-state index contributed by atoms with van der Waals surface area (Å²) in [5.74, 6) is 1.57. The van der Waals surface area contributed by atoms with Crippen LogP contribution < -0.4 is 0 Å². The van der Waals surface area contributed by atoms with Crippen LogP contribution in [0.4, 0.5) is 0 Å². The number of carbonyl (C=O) groups is 1. The van der Waals surface area contributed by atoms with Gasteiger partial charge in [-0.25, -0.2) is 0 Å². The van der Waals surface area contributed by atoms with E-state index in [1.165, 1.54) is 0 Å². The van der Waals surface area contributed by atoms with Gasteiger partial charge in [0.2, 0.25) is 11.8 Å². The van der Waals surface area contributed by atoms with Crippen LogP contribution in [0.1, 0.15) is 32.0 Å². The van der Waals surface area contributed by atoms with Gasteiger partial charge in [0.05, 0.1) is 12.6 Å². The van der Waals surface area contributed by atoms with Gasteiger partial charge in [0.25, 0.3) is 0 Å². The van der Waals surface area contributed by atoms with E-state index in [2.05, 4.69) is 27.0 Å². The van der Waals surface area contributed by atoms with Crippen LogP contribution in [0.3, 0.4) is 0 Å². The van der Waals surface area contributed by atoms with Crippen LogP contribution in [-0.4, -0.2) is 77.1 Å². The molecule has 1 amide bonds. The van der Waals surface area contributed by atoms with Crippen molar-refractivity contribution in [3.05, 3.63) is 11.7 Å². The Morgan fingerprint density at radius 3 is 2.77 bits per heavy atom. The number of nitrogens with zero attached hydrogens (tertiary/aromatic N) is 5. The molecular formula is C15H27N5O2. The third-order valence-electron chi connectivity index (χ3n) is 4.37. The molecule has 22 heavy (non-hydrogen) atoms. The molecule has 7 nitrogen and oxygen atoms in total. The minimum atomic E-state index is -0.0646. The predicted molar refractivity (Wildman–Crippen MR) is 83.3 cm³/mol. The van der Waals surface area contributed by atoms with E-state index < -0.39 is 0 Å². The number of carbonyl (C=O) groups excluding carboxylic acids is 1. The quantitative estimate of drug-likeness (QED) is 0.767. The molecule has 1 aliphatic heterocycles. The monoisotopic (exact) mass is 309 g/mol. The summed E-state index contributed by atoms with van der Waals surface area (Å²) in [6.07, 6.45) is 1.82. The summed E-state index contributed by atoms with van der Waals surface area (Å²) in [6, 6.07) is 0.353. The van der Waals surface area contributed by atoms with Gasteiger partial charge in [-0.2, -0.15) is 4.98 Å². The fourth-order valence-electron chi connectivity index (χ4n) is 2.86. The Morgan fingerprint density at radius 1 is 1.45 bits per heavy atom. The maximum atomic E-state index is 12.1. The van der Waals surface area contributed by atoms with Crippen LogP contribution in [0.5, 0.6) is 0 Å². The molecule has 1 fully saturated rings. The number of likely N-dealkylation sites (tertiary alicyclic amines) is 1. The minimum absolute atomic E-state index is 0.0646. The van der Waals surface area contributed by atoms with Crippen molar-refractivity contribution in [2.24, 2.45) is 0 Å². The zero-order valence-electron chi connectivity index (χ0n) is 14.2. The van der Waals surface area contributed by atoms with Crippen molar-refractivity contribution in [1.82, 2.24) is 24.8 Å². The summed E-state index contributed by atoms with van der Waals surface area (Å²) in [5, 5.41) is 4.00. The van der Waals surface area contributed by atoms with Crippen LogP contribution in [0.2, 0.25) is 0 Å². The second kappa shape index (κ2) is 7.19. The van der Waals surface area contributed by atoms with Crippen molar-refractivity contribution in [2.45, 2.75) is 45.3 Å². The van der Waals surface area contributed by atoms with Crippen molar-refractivity contribution >= 4 is 5.91 Å². The summed E-state index contributed by atoms with van der Waals surface area (Å²) in [4.78, 5) is 22.6. The molecule has 0 spiro atoms. The van der Waals surface area contributed by atoms with E-state index in [1.807, 2.05) is 13.8 Å². The highest BCUT2D eigenvalue weighted by atomic mass is 16.5. The average molecular weight is 309 g/mol. The molecule has 0 N–H and O–H groups in total. The van der Waals surface area contributed by atoms with Gasteiger partial charge >= 0.3 is 0 Å². The topological polar surface area (TPSA) is 65.7 Å². The zero-order valence-corrected chi connectivity index (χ0v) is 14.2.